The highest BCUT2D eigenvalue weighted by atomic mass is 35.5. The van der Waals surface area contributed by atoms with Crippen molar-refractivity contribution in [2.45, 2.75) is 44.6 Å². The third kappa shape index (κ3) is 6.07. The second-order valence-electron chi connectivity index (χ2n) is 6.33. The van der Waals surface area contributed by atoms with Gasteiger partial charge in [-0.25, -0.2) is 8.42 Å². The molecule has 0 atom stereocenters. The SMILES string of the molecule is CS(=O)(=O)N(CC(=O)NCCc1cccc(Cl)c1)C1CCCCC1. The Bertz CT molecular complexity index is 658. The molecule has 0 spiro atoms. The summed E-state index contributed by atoms with van der Waals surface area (Å²) in [5.74, 6) is -0.256. The molecule has 0 aromatic heterocycles. The minimum Gasteiger partial charge on any atom is -0.355 e. The molecule has 5 nitrogen and oxygen atoms in total. The molecule has 2 rings (SSSR count). The first-order chi connectivity index (χ1) is 11.4. The Hall–Kier alpha value is -1.11. The fraction of sp³-hybridized carbons (Fsp3) is 0.588. The molecule has 0 unspecified atom stereocenters. The highest BCUT2D eigenvalue weighted by Gasteiger charge is 2.29. The fourth-order valence-electron chi connectivity index (χ4n) is 3.12. The van der Waals surface area contributed by atoms with Crippen LogP contribution in [0.5, 0.6) is 0 Å². The third-order valence-corrected chi connectivity index (χ3v) is 5.85. The highest BCUT2D eigenvalue weighted by molar-refractivity contribution is 7.88. The Kier molecular flexibility index (Phi) is 7.07. The number of benzene rings is 1. The molecule has 0 heterocycles. The van der Waals surface area contributed by atoms with Gasteiger partial charge in [0, 0.05) is 17.6 Å². The van der Waals surface area contributed by atoms with Crippen molar-refractivity contribution < 1.29 is 13.2 Å². The topological polar surface area (TPSA) is 66.5 Å². The molecule has 1 N–H and O–H groups in total. The van der Waals surface area contributed by atoms with E-state index in [-0.39, 0.29) is 18.5 Å². The van der Waals surface area contributed by atoms with Crippen LogP contribution in [0.1, 0.15) is 37.7 Å². The van der Waals surface area contributed by atoms with E-state index >= 15 is 0 Å². The molecule has 1 fully saturated rings. The molecule has 1 amide bonds. The fourth-order valence-corrected chi connectivity index (χ4v) is 4.44. The number of carbonyl (C=O) groups excluding carboxylic acids is 1. The summed E-state index contributed by atoms with van der Waals surface area (Å²) in [4.78, 5) is 12.2. The summed E-state index contributed by atoms with van der Waals surface area (Å²) >= 11 is 5.93. The lowest BCUT2D eigenvalue weighted by atomic mass is 9.95. The Morgan fingerprint density at radius 1 is 1.29 bits per heavy atom. The van der Waals surface area contributed by atoms with Crippen molar-refractivity contribution in [2.75, 3.05) is 19.3 Å². The first kappa shape index (κ1) is 19.2. The lowest BCUT2D eigenvalue weighted by Gasteiger charge is -2.31. The molecule has 7 heteroatoms. The number of nitrogens with one attached hydrogen (secondary N) is 1. The molecule has 1 aromatic rings. The van der Waals surface area contributed by atoms with Gasteiger partial charge in [0.15, 0.2) is 0 Å². The molecule has 134 valence electrons. The number of carbonyl (C=O) groups is 1. The lowest BCUT2D eigenvalue weighted by molar-refractivity contribution is -0.121. The van der Waals surface area contributed by atoms with Gasteiger partial charge >= 0.3 is 0 Å². The molecule has 0 bridgehead atoms. The Morgan fingerprint density at radius 3 is 2.62 bits per heavy atom. The largest absolute Gasteiger partial charge is 0.355 e. The van der Waals surface area contributed by atoms with Crippen LogP contribution >= 0.6 is 11.6 Å². The number of hydrogen-bond acceptors (Lipinski definition) is 3. The Balaban J connectivity index is 1.86. The van der Waals surface area contributed by atoms with Gasteiger partial charge in [-0.2, -0.15) is 4.31 Å². The summed E-state index contributed by atoms with van der Waals surface area (Å²) in [5, 5.41) is 3.47. The van der Waals surface area contributed by atoms with Crippen molar-refractivity contribution in [1.82, 2.24) is 9.62 Å². The number of nitrogens with zero attached hydrogens (tertiary/aromatic N) is 1. The highest BCUT2D eigenvalue weighted by Crippen LogP contribution is 2.24. The second-order valence-corrected chi connectivity index (χ2v) is 8.70. The summed E-state index contributed by atoms with van der Waals surface area (Å²) in [6, 6.07) is 7.43. The zero-order valence-electron chi connectivity index (χ0n) is 14.0. The van der Waals surface area contributed by atoms with E-state index in [0.29, 0.717) is 18.0 Å². The quantitative estimate of drug-likeness (QED) is 0.800. The van der Waals surface area contributed by atoms with Gasteiger partial charge in [-0.15, -0.1) is 0 Å². The smallest absolute Gasteiger partial charge is 0.235 e. The van der Waals surface area contributed by atoms with Crippen LogP contribution in [0.25, 0.3) is 0 Å². The van der Waals surface area contributed by atoms with Crippen LogP contribution in [0.15, 0.2) is 24.3 Å². The predicted molar refractivity (Wildman–Crippen MR) is 96.6 cm³/mol. The zero-order chi connectivity index (χ0) is 17.6. The van der Waals surface area contributed by atoms with Crippen LogP contribution in [0.3, 0.4) is 0 Å². The minimum absolute atomic E-state index is 0.0487. The van der Waals surface area contributed by atoms with Gasteiger partial charge in [-0.05, 0) is 37.0 Å². The van der Waals surface area contributed by atoms with Gasteiger partial charge in [-0.1, -0.05) is 43.0 Å². The van der Waals surface area contributed by atoms with E-state index < -0.39 is 10.0 Å². The van der Waals surface area contributed by atoms with Gasteiger partial charge in [0.2, 0.25) is 15.9 Å². The van der Waals surface area contributed by atoms with E-state index in [1.54, 1.807) is 6.07 Å². The first-order valence-electron chi connectivity index (χ1n) is 8.34. The van der Waals surface area contributed by atoms with Crippen molar-refractivity contribution >= 4 is 27.5 Å². The van der Waals surface area contributed by atoms with Gasteiger partial charge < -0.3 is 5.32 Å². The minimum atomic E-state index is -3.39. The maximum atomic E-state index is 12.2. The van der Waals surface area contributed by atoms with E-state index in [4.69, 9.17) is 11.6 Å². The maximum Gasteiger partial charge on any atom is 0.235 e. The van der Waals surface area contributed by atoms with Crippen LogP contribution in [0.4, 0.5) is 0 Å². The molecule has 1 aromatic carbocycles. The average molecular weight is 373 g/mol. The number of sulfonamides is 1. The van der Waals surface area contributed by atoms with Crippen molar-refractivity contribution in [2.24, 2.45) is 0 Å². The molecule has 1 aliphatic carbocycles. The van der Waals surface area contributed by atoms with Crippen LogP contribution in [-0.2, 0) is 21.2 Å². The molecule has 0 radical (unpaired) electrons. The van der Waals surface area contributed by atoms with E-state index in [2.05, 4.69) is 5.32 Å². The van der Waals surface area contributed by atoms with E-state index in [0.717, 1.165) is 37.7 Å². The normalized spacial score (nSPS) is 16.3. The van der Waals surface area contributed by atoms with Crippen LogP contribution in [0, 0.1) is 0 Å². The summed E-state index contributed by atoms with van der Waals surface area (Å²) in [6.45, 7) is 0.362. The number of hydrogen-bond donors (Lipinski definition) is 1. The number of amides is 1. The van der Waals surface area contributed by atoms with E-state index in [1.165, 1.54) is 10.6 Å². The molecular weight excluding hydrogens is 348 g/mol. The van der Waals surface area contributed by atoms with E-state index in [9.17, 15) is 13.2 Å². The summed E-state index contributed by atoms with van der Waals surface area (Å²) in [5.41, 5.74) is 1.04. The molecule has 24 heavy (non-hydrogen) atoms. The van der Waals surface area contributed by atoms with Gasteiger partial charge in [0.05, 0.1) is 12.8 Å². The Morgan fingerprint density at radius 2 is 2.00 bits per heavy atom. The maximum absolute atomic E-state index is 12.2. The Labute approximate surface area is 149 Å². The van der Waals surface area contributed by atoms with Gasteiger partial charge in [-0.3, -0.25) is 4.79 Å². The van der Waals surface area contributed by atoms with Crippen molar-refractivity contribution in [3.05, 3.63) is 34.9 Å². The van der Waals surface area contributed by atoms with Crippen molar-refractivity contribution in [3.63, 3.8) is 0 Å². The van der Waals surface area contributed by atoms with Crippen LogP contribution in [0.2, 0.25) is 5.02 Å². The third-order valence-electron chi connectivity index (χ3n) is 4.33. The summed E-state index contributed by atoms with van der Waals surface area (Å²) in [7, 11) is -3.39. The predicted octanol–water partition coefficient (Wildman–Crippen LogP) is 2.59. The van der Waals surface area contributed by atoms with E-state index in [1.807, 2.05) is 18.2 Å². The van der Waals surface area contributed by atoms with Crippen molar-refractivity contribution in [1.29, 1.82) is 0 Å². The zero-order valence-corrected chi connectivity index (χ0v) is 15.6. The van der Waals surface area contributed by atoms with Gasteiger partial charge in [0.1, 0.15) is 0 Å². The summed E-state index contributed by atoms with van der Waals surface area (Å²) in [6.07, 6.45) is 6.70. The monoisotopic (exact) mass is 372 g/mol. The van der Waals surface area contributed by atoms with Gasteiger partial charge in [0.25, 0.3) is 0 Å². The molecule has 1 aliphatic rings. The second kappa shape index (κ2) is 8.83. The molecule has 0 saturated heterocycles. The molecular formula is C17H25ClN2O3S. The number of rotatable bonds is 7. The average Bonchev–Trinajstić information content (AvgIpc) is 2.52. The molecule has 1 saturated carbocycles. The number of halogens is 1. The van der Waals surface area contributed by atoms with Crippen LogP contribution in [-0.4, -0.2) is 44.0 Å². The lowest BCUT2D eigenvalue weighted by Crippen LogP contribution is -2.46. The summed E-state index contributed by atoms with van der Waals surface area (Å²) < 4.78 is 25.4. The van der Waals surface area contributed by atoms with Crippen molar-refractivity contribution in [3.8, 4) is 0 Å². The van der Waals surface area contributed by atoms with Crippen LogP contribution < -0.4 is 5.32 Å². The molecule has 0 aliphatic heterocycles. The standard InChI is InChI=1S/C17H25ClN2O3S/c1-24(22,23)20(16-8-3-2-4-9-16)13-17(21)19-11-10-14-6-5-7-15(18)12-14/h5-7,12,16H,2-4,8-11,13H2,1H3,(H,19,21). The first-order valence-corrected chi connectivity index (χ1v) is 10.6.